The minimum atomic E-state index is -0.492. The van der Waals surface area contributed by atoms with E-state index in [0.29, 0.717) is 30.3 Å². The number of nitrogens with zero attached hydrogens (tertiary/aromatic N) is 3. The number of ether oxygens (including phenoxy) is 2. The molecule has 1 saturated heterocycles. The van der Waals surface area contributed by atoms with Gasteiger partial charge >= 0.3 is 6.09 Å². The topological polar surface area (TPSA) is 61.0 Å². The van der Waals surface area contributed by atoms with Crippen molar-refractivity contribution < 1.29 is 18.7 Å². The van der Waals surface area contributed by atoms with Gasteiger partial charge in [0.25, 0.3) is 0 Å². The van der Waals surface area contributed by atoms with Gasteiger partial charge in [0.1, 0.15) is 23.4 Å². The molecule has 1 fully saturated rings. The van der Waals surface area contributed by atoms with Gasteiger partial charge in [-0.15, -0.1) is 0 Å². The van der Waals surface area contributed by atoms with Gasteiger partial charge in [0.05, 0.1) is 6.61 Å². The van der Waals surface area contributed by atoms with E-state index in [2.05, 4.69) is 21.8 Å². The molecular weight excluding hydrogens is 543 g/mol. The van der Waals surface area contributed by atoms with Crippen LogP contribution in [0.3, 0.4) is 0 Å². The number of hydrogen-bond donors (Lipinski definition) is 1. The predicted octanol–water partition coefficient (Wildman–Crippen LogP) is 6.12. The van der Waals surface area contributed by atoms with Gasteiger partial charge in [-0.05, 0) is 85.6 Å². The van der Waals surface area contributed by atoms with Gasteiger partial charge < -0.3 is 24.3 Å². The molecule has 2 aliphatic rings. The van der Waals surface area contributed by atoms with Gasteiger partial charge in [-0.1, -0.05) is 23.7 Å². The fraction of sp³-hybridized carbons (Fsp3) is 0.344. The highest BCUT2D eigenvalue weighted by molar-refractivity contribution is 6.31. The molecular formula is C32H34ClFN4O3. The number of carbonyl (C=O) groups is 1. The van der Waals surface area contributed by atoms with Gasteiger partial charge in [0, 0.05) is 60.9 Å². The van der Waals surface area contributed by atoms with Crippen LogP contribution in [-0.2, 0) is 6.42 Å². The number of piperazine rings is 1. The first-order valence-electron chi connectivity index (χ1n) is 14.1. The predicted molar refractivity (Wildman–Crippen MR) is 158 cm³/mol. The molecule has 1 N–H and O–H groups in total. The average molecular weight is 577 g/mol. The van der Waals surface area contributed by atoms with Crippen molar-refractivity contribution in [2.24, 2.45) is 0 Å². The first-order chi connectivity index (χ1) is 19.9. The highest BCUT2D eigenvalue weighted by Crippen LogP contribution is 2.40. The summed E-state index contributed by atoms with van der Waals surface area (Å²) in [7, 11) is 2.17. The van der Waals surface area contributed by atoms with Crippen molar-refractivity contribution in [3.63, 3.8) is 0 Å². The highest BCUT2D eigenvalue weighted by Gasteiger charge is 2.35. The smallest absolute Gasteiger partial charge is 0.416 e. The van der Waals surface area contributed by atoms with Crippen LogP contribution < -0.4 is 9.47 Å². The number of hydrogen-bond acceptors (Lipinski definition) is 5. The number of halogens is 2. The summed E-state index contributed by atoms with van der Waals surface area (Å²) in [6.07, 6.45) is 1.13. The lowest BCUT2D eigenvalue weighted by atomic mass is 9.92. The number of rotatable bonds is 7. The molecule has 3 aromatic carbocycles. The Labute approximate surface area is 244 Å². The highest BCUT2D eigenvalue weighted by atomic mass is 35.5. The number of aromatic nitrogens is 1. The maximum atomic E-state index is 13.4. The fourth-order valence-electron chi connectivity index (χ4n) is 5.76. The minimum absolute atomic E-state index is 0.296. The molecule has 214 valence electrons. The molecule has 1 amide bonds. The van der Waals surface area contributed by atoms with E-state index in [4.69, 9.17) is 21.1 Å². The summed E-state index contributed by atoms with van der Waals surface area (Å²) in [6, 6.07) is 18.8. The number of benzene rings is 3. The van der Waals surface area contributed by atoms with Gasteiger partial charge in [0.15, 0.2) is 0 Å². The van der Waals surface area contributed by atoms with Crippen LogP contribution in [0.2, 0.25) is 5.02 Å². The van der Waals surface area contributed by atoms with Gasteiger partial charge in [-0.3, -0.25) is 4.90 Å². The molecule has 1 atom stereocenters. The Hall–Kier alpha value is -3.59. The lowest BCUT2D eigenvalue weighted by Crippen LogP contribution is -2.44. The first-order valence-corrected chi connectivity index (χ1v) is 14.5. The van der Waals surface area contributed by atoms with Crippen LogP contribution in [0.25, 0.3) is 10.9 Å². The Morgan fingerprint density at radius 2 is 1.71 bits per heavy atom. The largest absolute Gasteiger partial charge is 0.494 e. The third-order valence-corrected chi connectivity index (χ3v) is 8.26. The molecule has 4 aromatic rings. The lowest BCUT2D eigenvalue weighted by Gasteiger charge is -2.35. The summed E-state index contributed by atoms with van der Waals surface area (Å²) in [5.41, 5.74) is 3.98. The van der Waals surface area contributed by atoms with E-state index >= 15 is 0 Å². The number of H-pyrrole nitrogens is 1. The molecule has 2 aliphatic heterocycles. The molecule has 0 radical (unpaired) electrons. The summed E-state index contributed by atoms with van der Waals surface area (Å²) in [5.74, 6) is 0.709. The monoisotopic (exact) mass is 576 g/mol. The third-order valence-electron chi connectivity index (χ3n) is 8.02. The molecule has 41 heavy (non-hydrogen) atoms. The van der Waals surface area contributed by atoms with E-state index in [-0.39, 0.29) is 5.82 Å². The zero-order valence-electron chi connectivity index (χ0n) is 23.1. The average Bonchev–Trinajstić information content (AvgIpc) is 3.35. The maximum absolute atomic E-state index is 13.4. The molecule has 0 bridgehead atoms. The van der Waals surface area contributed by atoms with Crippen LogP contribution in [0.1, 0.15) is 29.3 Å². The van der Waals surface area contributed by atoms with Crippen molar-refractivity contribution in [1.82, 2.24) is 19.7 Å². The van der Waals surface area contributed by atoms with Crippen molar-refractivity contribution in [1.29, 1.82) is 0 Å². The Morgan fingerprint density at radius 1 is 0.976 bits per heavy atom. The van der Waals surface area contributed by atoms with Crippen LogP contribution >= 0.6 is 11.6 Å². The van der Waals surface area contributed by atoms with Crippen molar-refractivity contribution in [3.05, 3.63) is 94.4 Å². The van der Waals surface area contributed by atoms with Crippen molar-refractivity contribution in [3.8, 4) is 11.5 Å². The van der Waals surface area contributed by atoms with Crippen molar-refractivity contribution in [2.45, 2.75) is 18.9 Å². The van der Waals surface area contributed by atoms with Crippen LogP contribution in [-0.4, -0.2) is 78.7 Å². The normalized spacial score (nSPS) is 17.9. The van der Waals surface area contributed by atoms with Crippen LogP contribution in [0, 0.1) is 5.82 Å². The molecule has 7 nitrogen and oxygen atoms in total. The second-order valence-corrected chi connectivity index (χ2v) is 11.2. The molecule has 0 aliphatic carbocycles. The lowest BCUT2D eigenvalue weighted by molar-refractivity contribution is 0.135. The van der Waals surface area contributed by atoms with Crippen molar-refractivity contribution in [2.75, 3.05) is 52.9 Å². The fourth-order valence-corrected chi connectivity index (χ4v) is 5.93. The molecule has 6 rings (SSSR count). The van der Waals surface area contributed by atoms with E-state index in [9.17, 15) is 9.18 Å². The summed E-state index contributed by atoms with van der Waals surface area (Å²) >= 11 is 6.33. The van der Waals surface area contributed by atoms with Crippen molar-refractivity contribution >= 4 is 28.6 Å². The molecule has 9 heteroatoms. The maximum Gasteiger partial charge on any atom is 0.416 e. The van der Waals surface area contributed by atoms with E-state index < -0.39 is 12.1 Å². The Kier molecular flexibility index (Phi) is 8.14. The van der Waals surface area contributed by atoms with Crippen LogP contribution in [0.15, 0.2) is 66.7 Å². The zero-order valence-corrected chi connectivity index (χ0v) is 23.9. The van der Waals surface area contributed by atoms with Crippen LogP contribution in [0.5, 0.6) is 11.5 Å². The van der Waals surface area contributed by atoms with Gasteiger partial charge in [-0.2, -0.15) is 0 Å². The molecule has 0 saturated carbocycles. The van der Waals surface area contributed by atoms with Crippen LogP contribution in [0.4, 0.5) is 9.18 Å². The molecule has 1 aromatic heterocycles. The quantitative estimate of drug-likeness (QED) is 0.269. The number of carbonyl (C=O) groups excluding carboxylic acids is 1. The van der Waals surface area contributed by atoms with E-state index in [1.807, 2.05) is 42.5 Å². The number of amides is 1. The Morgan fingerprint density at radius 3 is 2.46 bits per heavy atom. The summed E-state index contributed by atoms with van der Waals surface area (Å²) in [5, 5.41) is 1.73. The number of likely N-dealkylation sites (N-methyl/N-ethyl adjacent to an activating group) is 1. The van der Waals surface area contributed by atoms with E-state index in [1.165, 1.54) is 24.3 Å². The molecule has 1 unspecified atom stereocenters. The second kappa shape index (κ2) is 12.1. The summed E-state index contributed by atoms with van der Waals surface area (Å²) in [6.45, 7) is 6.58. The second-order valence-electron chi connectivity index (χ2n) is 10.8. The van der Waals surface area contributed by atoms with Gasteiger partial charge in [-0.25, -0.2) is 9.18 Å². The molecule has 3 heterocycles. The Balaban J connectivity index is 1.20. The summed E-state index contributed by atoms with van der Waals surface area (Å²) < 4.78 is 25.1. The number of nitrogens with one attached hydrogen (secondary N) is 1. The molecule has 0 spiro atoms. The number of aromatic amines is 1. The van der Waals surface area contributed by atoms with E-state index in [1.54, 1.807) is 4.90 Å². The zero-order chi connectivity index (χ0) is 28.3. The SMILES string of the molecule is CN1CCN(CCCOc2ccc(C3c4[nH]c5ccc(Cl)cc5c4CCN3C(=O)Oc3ccc(F)cc3)cc2)CC1. The summed E-state index contributed by atoms with van der Waals surface area (Å²) in [4.78, 5) is 23.6. The first kappa shape index (κ1) is 27.6. The van der Waals surface area contributed by atoms with Gasteiger partial charge in [0.2, 0.25) is 0 Å². The number of fused-ring (bicyclic) bond motifs is 3. The van der Waals surface area contributed by atoms with E-state index in [0.717, 1.165) is 72.6 Å². The standard InChI is InChI=1S/C32H34ClFN4O3/c1-36-16-18-37(19-17-36)14-2-20-40-25-8-3-22(4-9-25)31-30-27(28-21-23(33)5-12-29(28)35-30)13-15-38(31)32(39)41-26-10-6-24(34)7-11-26/h3-12,21,31,35H,2,13-20H2,1H3. The minimum Gasteiger partial charge on any atom is -0.494 e. The third kappa shape index (κ3) is 6.20. The Bertz CT molecular complexity index is 1500.